The van der Waals surface area contributed by atoms with Crippen LogP contribution in [0.4, 0.5) is 33.3 Å². The Bertz CT molecular complexity index is 593. The Balaban J connectivity index is 2.47. The molecule has 1 heterocycles. The van der Waals surface area contributed by atoms with E-state index in [1.165, 1.54) is 0 Å². The van der Waals surface area contributed by atoms with Crippen molar-refractivity contribution in [1.29, 1.82) is 0 Å². The number of rotatable bonds is 3. The van der Waals surface area contributed by atoms with Crippen LogP contribution < -0.4 is 4.90 Å². The Morgan fingerprint density at radius 3 is 2.55 bits per heavy atom. The van der Waals surface area contributed by atoms with E-state index in [0.717, 1.165) is 11.0 Å². The number of hydrogen-bond acceptors (Lipinski definition) is 3. The molecule has 1 aliphatic heterocycles. The second-order valence-electron chi connectivity index (χ2n) is 4.95. The van der Waals surface area contributed by atoms with E-state index in [1.807, 2.05) is 0 Å². The van der Waals surface area contributed by atoms with Crippen molar-refractivity contribution in [3.63, 3.8) is 0 Å². The Morgan fingerprint density at radius 1 is 1.41 bits per heavy atom. The number of hydrogen-bond donors (Lipinski definition) is 0. The van der Waals surface area contributed by atoms with Crippen LogP contribution in [0.15, 0.2) is 18.2 Å². The maximum Gasteiger partial charge on any atom is 0.423 e. The van der Waals surface area contributed by atoms with E-state index in [-0.39, 0.29) is 11.0 Å². The number of alkyl halides is 6. The first-order chi connectivity index (χ1) is 10.0. The van der Waals surface area contributed by atoms with E-state index in [4.69, 9.17) is 0 Å². The number of nitro benzene ring substituents is 1. The molecule has 0 bridgehead atoms. The molecule has 2 rings (SSSR count). The van der Waals surface area contributed by atoms with E-state index in [0.29, 0.717) is 12.1 Å². The zero-order chi connectivity index (χ0) is 16.7. The van der Waals surface area contributed by atoms with Crippen LogP contribution in [0.2, 0.25) is 0 Å². The molecule has 0 radical (unpaired) electrons. The summed E-state index contributed by atoms with van der Waals surface area (Å²) in [5.74, 6) is -3.02. The quantitative estimate of drug-likeness (QED) is 0.337. The third-order valence-corrected chi connectivity index (χ3v) is 4.12. The van der Waals surface area contributed by atoms with Crippen molar-refractivity contribution >= 4 is 27.3 Å². The van der Waals surface area contributed by atoms with Crippen LogP contribution in [-0.2, 0) is 6.18 Å². The third kappa shape index (κ3) is 3.31. The second kappa shape index (κ2) is 5.64. The minimum atomic E-state index is -4.94. The van der Waals surface area contributed by atoms with Crippen molar-refractivity contribution in [1.82, 2.24) is 0 Å². The molecule has 1 aliphatic rings. The number of nitrogens with zero attached hydrogens (tertiary/aromatic N) is 2. The standard InChI is InChI=1S/C12H10BrF5N2O2/c13-5-8-4-11(14,15)6-19(8)7-1-2-10(20(21)22)9(3-7)12(16,17)18/h1-3,8H,4-6H2. The molecular formula is C12H10BrF5N2O2. The van der Waals surface area contributed by atoms with Crippen LogP contribution in [0, 0.1) is 10.1 Å². The molecule has 4 nitrogen and oxygen atoms in total. The van der Waals surface area contributed by atoms with Crippen molar-refractivity contribution in [3.8, 4) is 0 Å². The number of anilines is 1. The predicted molar refractivity (Wildman–Crippen MR) is 72.6 cm³/mol. The first-order valence-electron chi connectivity index (χ1n) is 6.11. The largest absolute Gasteiger partial charge is 0.423 e. The minimum absolute atomic E-state index is 0.112. The van der Waals surface area contributed by atoms with Gasteiger partial charge < -0.3 is 4.90 Å². The summed E-state index contributed by atoms with van der Waals surface area (Å²) in [6, 6.07) is 1.62. The lowest BCUT2D eigenvalue weighted by atomic mass is 10.1. The Kier molecular flexibility index (Phi) is 4.33. The lowest BCUT2D eigenvalue weighted by molar-refractivity contribution is -0.388. The Hall–Kier alpha value is -1.45. The monoisotopic (exact) mass is 388 g/mol. The van der Waals surface area contributed by atoms with Gasteiger partial charge in [0, 0.05) is 29.5 Å². The second-order valence-corrected chi connectivity index (χ2v) is 5.60. The first kappa shape index (κ1) is 16.9. The van der Waals surface area contributed by atoms with E-state index in [1.54, 1.807) is 0 Å². The fraction of sp³-hybridized carbons (Fsp3) is 0.500. The van der Waals surface area contributed by atoms with Gasteiger partial charge in [-0.25, -0.2) is 8.78 Å². The molecule has 1 aromatic carbocycles. The van der Waals surface area contributed by atoms with Crippen LogP contribution in [-0.4, -0.2) is 28.8 Å². The summed E-state index contributed by atoms with van der Waals surface area (Å²) in [4.78, 5) is 10.7. The van der Waals surface area contributed by atoms with Crippen LogP contribution in [0.3, 0.4) is 0 Å². The van der Waals surface area contributed by atoms with Crippen LogP contribution in [0.5, 0.6) is 0 Å². The van der Waals surface area contributed by atoms with Gasteiger partial charge in [0.05, 0.1) is 11.5 Å². The molecule has 22 heavy (non-hydrogen) atoms. The molecule has 1 unspecified atom stereocenters. The van der Waals surface area contributed by atoms with Crippen LogP contribution in [0.25, 0.3) is 0 Å². The van der Waals surface area contributed by atoms with Gasteiger partial charge >= 0.3 is 6.18 Å². The highest BCUT2D eigenvalue weighted by Crippen LogP contribution is 2.41. The van der Waals surface area contributed by atoms with Gasteiger partial charge in [-0.05, 0) is 12.1 Å². The Labute approximate surface area is 130 Å². The minimum Gasteiger partial charge on any atom is -0.361 e. The molecule has 0 N–H and O–H groups in total. The van der Waals surface area contributed by atoms with Crippen LogP contribution in [0.1, 0.15) is 12.0 Å². The first-order valence-corrected chi connectivity index (χ1v) is 7.23. The average Bonchev–Trinajstić information content (AvgIpc) is 2.72. The highest BCUT2D eigenvalue weighted by molar-refractivity contribution is 9.09. The van der Waals surface area contributed by atoms with Gasteiger partial charge in [-0.2, -0.15) is 13.2 Å². The molecule has 0 spiro atoms. The van der Waals surface area contributed by atoms with Crippen LogP contribution >= 0.6 is 15.9 Å². The zero-order valence-electron chi connectivity index (χ0n) is 10.9. The summed E-state index contributed by atoms with van der Waals surface area (Å²) in [5, 5.41) is 10.8. The SMILES string of the molecule is O=[N+]([O-])c1ccc(N2CC(F)(F)CC2CBr)cc1C(F)(F)F. The maximum atomic E-state index is 13.5. The number of halogens is 6. The fourth-order valence-electron chi connectivity index (χ4n) is 2.43. The van der Waals surface area contributed by atoms with E-state index in [2.05, 4.69) is 15.9 Å². The molecule has 122 valence electrons. The average molecular weight is 389 g/mol. The van der Waals surface area contributed by atoms with Crippen molar-refractivity contribution in [2.45, 2.75) is 24.6 Å². The van der Waals surface area contributed by atoms with Gasteiger partial charge in [0.1, 0.15) is 5.56 Å². The summed E-state index contributed by atoms with van der Waals surface area (Å²) in [5.41, 5.74) is -2.66. The molecule has 0 aromatic heterocycles. The fourth-order valence-corrected chi connectivity index (χ4v) is 3.01. The molecule has 10 heteroatoms. The van der Waals surface area contributed by atoms with Gasteiger partial charge in [0.15, 0.2) is 0 Å². The number of benzene rings is 1. The normalized spacial score (nSPS) is 21.2. The molecule has 0 amide bonds. The maximum absolute atomic E-state index is 13.5. The van der Waals surface area contributed by atoms with Crippen molar-refractivity contribution in [2.24, 2.45) is 0 Å². The molecule has 1 fully saturated rings. The van der Waals surface area contributed by atoms with Gasteiger partial charge in [-0.15, -0.1) is 0 Å². The Morgan fingerprint density at radius 2 is 2.05 bits per heavy atom. The van der Waals surface area contributed by atoms with Gasteiger partial charge in [-0.1, -0.05) is 15.9 Å². The molecule has 1 saturated heterocycles. The number of nitro groups is 1. The highest BCUT2D eigenvalue weighted by Gasteiger charge is 2.46. The smallest absolute Gasteiger partial charge is 0.361 e. The predicted octanol–water partition coefficient (Wildman–Crippen LogP) is 4.22. The van der Waals surface area contributed by atoms with Crippen molar-refractivity contribution in [2.75, 3.05) is 16.8 Å². The lowest BCUT2D eigenvalue weighted by Crippen LogP contribution is -2.31. The zero-order valence-corrected chi connectivity index (χ0v) is 12.5. The van der Waals surface area contributed by atoms with Gasteiger partial charge in [0.2, 0.25) is 0 Å². The summed E-state index contributed by atoms with van der Waals surface area (Å²) in [6.07, 6.45) is -5.43. The summed E-state index contributed by atoms with van der Waals surface area (Å²) < 4.78 is 65.7. The van der Waals surface area contributed by atoms with E-state index in [9.17, 15) is 32.1 Å². The highest BCUT2D eigenvalue weighted by atomic mass is 79.9. The molecular weight excluding hydrogens is 379 g/mol. The van der Waals surface area contributed by atoms with E-state index >= 15 is 0 Å². The third-order valence-electron chi connectivity index (χ3n) is 3.37. The molecule has 0 aliphatic carbocycles. The van der Waals surface area contributed by atoms with E-state index < -0.39 is 47.3 Å². The summed E-state index contributed by atoms with van der Waals surface area (Å²) in [7, 11) is 0. The van der Waals surface area contributed by atoms with Crippen molar-refractivity contribution < 1.29 is 26.9 Å². The molecule has 1 atom stereocenters. The summed E-state index contributed by atoms with van der Waals surface area (Å²) >= 11 is 3.06. The molecule has 1 aromatic rings. The topological polar surface area (TPSA) is 46.4 Å². The van der Waals surface area contributed by atoms with Gasteiger partial charge in [0.25, 0.3) is 11.6 Å². The van der Waals surface area contributed by atoms with Crippen molar-refractivity contribution in [3.05, 3.63) is 33.9 Å². The summed E-state index contributed by atoms with van der Waals surface area (Å²) in [6.45, 7) is -0.724. The van der Waals surface area contributed by atoms with Gasteiger partial charge in [-0.3, -0.25) is 10.1 Å². The lowest BCUT2D eigenvalue weighted by Gasteiger charge is -2.25. The molecule has 0 saturated carbocycles.